The summed E-state index contributed by atoms with van der Waals surface area (Å²) in [5, 5.41) is 0. The Morgan fingerprint density at radius 3 is 2.91 bits per heavy atom. The van der Waals surface area contributed by atoms with Crippen molar-refractivity contribution in [1.29, 1.82) is 0 Å². The molecule has 0 fully saturated rings. The quantitative estimate of drug-likeness (QED) is 0.281. The van der Waals surface area contributed by atoms with Crippen molar-refractivity contribution in [3.63, 3.8) is 0 Å². The zero-order valence-electron chi connectivity index (χ0n) is 5.74. The maximum atomic E-state index is 10.9. The number of carbonyl (C=O) groups excluding carboxylic acids is 1. The first-order valence-electron chi connectivity index (χ1n) is 2.96. The maximum absolute atomic E-state index is 10.9. The van der Waals surface area contributed by atoms with Crippen molar-refractivity contribution in [3.05, 3.63) is 24.0 Å². The monoisotopic (exact) mass is 152 g/mol. The molecule has 5 N–H and O–H groups in total. The van der Waals surface area contributed by atoms with E-state index in [1.54, 1.807) is 0 Å². The summed E-state index contributed by atoms with van der Waals surface area (Å²) >= 11 is 0. The Hall–Kier alpha value is -1.62. The predicted molar refractivity (Wildman–Crippen MR) is 40.3 cm³/mol. The minimum Gasteiger partial charge on any atom is -0.398 e. The molecule has 1 heterocycles. The van der Waals surface area contributed by atoms with Gasteiger partial charge in [-0.1, -0.05) is 0 Å². The second-order valence-electron chi connectivity index (χ2n) is 1.94. The van der Waals surface area contributed by atoms with Crippen LogP contribution in [0.4, 0.5) is 5.69 Å². The number of nitrogens with two attached hydrogens (primary N) is 2. The van der Waals surface area contributed by atoms with Crippen molar-refractivity contribution in [1.82, 2.24) is 10.4 Å². The van der Waals surface area contributed by atoms with Crippen LogP contribution in [0, 0.1) is 0 Å². The van der Waals surface area contributed by atoms with E-state index in [1.165, 1.54) is 18.5 Å². The fourth-order valence-corrected chi connectivity index (χ4v) is 0.673. The van der Waals surface area contributed by atoms with Crippen LogP contribution in [-0.2, 0) is 0 Å². The van der Waals surface area contributed by atoms with Gasteiger partial charge in [0.15, 0.2) is 0 Å². The Morgan fingerprint density at radius 1 is 1.64 bits per heavy atom. The van der Waals surface area contributed by atoms with E-state index in [-0.39, 0.29) is 5.56 Å². The molecular formula is C6H8N4O. The van der Waals surface area contributed by atoms with Gasteiger partial charge in [0.2, 0.25) is 0 Å². The number of pyridine rings is 1. The van der Waals surface area contributed by atoms with Crippen molar-refractivity contribution in [2.75, 3.05) is 5.73 Å². The molecule has 1 amide bonds. The Kier molecular flexibility index (Phi) is 2.03. The van der Waals surface area contributed by atoms with Gasteiger partial charge in [-0.05, 0) is 6.07 Å². The SMILES string of the molecule is NNC(=O)c1cnccc1N. The first-order chi connectivity index (χ1) is 5.25. The second kappa shape index (κ2) is 2.98. The number of anilines is 1. The van der Waals surface area contributed by atoms with Gasteiger partial charge in [-0.3, -0.25) is 15.2 Å². The van der Waals surface area contributed by atoms with E-state index in [1.807, 2.05) is 5.43 Å². The van der Waals surface area contributed by atoms with Crippen molar-refractivity contribution in [2.24, 2.45) is 5.84 Å². The fraction of sp³-hybridized carbons (Fsp3) is 0. The molecule has 1 aromatic heterocycles. The van der Waals surface area contributed by atoms with Crippen molar-refractivity contribution in [3.8, 4) is 0 Å². The van der Waals surface area contributed by atoms with E-state index in [4.69, 9.17) is 11.6 Å². The summed E-state index contributed by atoms with van der Waals surface area (Å²) in [6, 6.07) is 1.53. The number of nitrogen functional groups attached to an aromatic ring is 2. The number of hydrogen-bond acceptors (Lipinski definition) is 4. The topological polar surface area (TPSA) is 94.0 Å². The predicted octanol–water partition coefficient (Wildman–Crippen LogP) is -0.733. The van der Waals surface area contributed by atoms with Gasteiger partial charge in [0.25, 0.3) is 5.91 Å². The lowest BCUT2D eigenvalue weighted by atomic mass is 10.2. The second-order valence-corrected chi connectivity index (χ2v) is 1.94. The average molecular weight is 152 g/mol. The number of carbonyl (C=O) groups is 1. The zero-order chi connectivity index (χ0) is 8.27. The van der Waals surface area contributed by atoms with Crippen molar-refractivity contribution in [2.45, 2.75) is 0 Å². The van der Waals surface area contributed by atoms with Crippen LogP contribution in [0.5, 0.6) is 0 Å². The smallest absolute Gasteiger partial charge is 0.268 e. The van der Waals surface area contributed by atoms with Gasteiger partial charge in [0.1, 0.15) is 0 Å². The average Bonchev–Trinajstić information content (AvgIpc) is 2.04. The third-order valence-electron chi connectivity index (χ3n) is 1.23. The molecule has 0 atom stereocenters. The van der Waals surface area contributed by atoms with Gasteiger partial charge in [-0.25, -0.2) is 5.84 Å². The van der Waals surface area contributed by atoms with Crippen LogP contribution in [0.25, 0.3) is 0 Å². The van der Waals surface area contributed by atoms with Gasteiger partial charge in [0.05, 0.1) is 5.56 Å². The maximum Gasteiger partial charge on any atom is 0.268 e. The Labute approximate surface area is 63.4 Å². The van der Waals surface area contributed by atoms with E-state index in [9.17, 15) is 4.79 Å². The lowest BCUT2D eigenvalue weighted by molar-refractivity contribution is 0.0954. The van der Waals surface area contributed by atoms with Crippen LogP contribution >= 0.6 is 0 Å². The molecule has 0 saturated carbocycles. The van der Waals surface area contributed by atoms with Gasteiger partial charge < -0.3 is 5.73 Å². The summed E-state index contributed by atoms with van der Waals surface area (Å²) in [5.74, 6) is 4.46. The van der Waals surface area contributed by atoms with E-state index in [0.29, 0.717) is 5.69 Å². The highest BCUT2D eigenvalue weighted by Crippen LogP contribution is 2.06. The van der Waals surface area contributed by atoms with Gasteiger partial charge in [0, 0.05) is 18.1 Å². The fourth-order valence-electron chi connectivity index (χ4n) is 0.673. The first-order valence-corrected chi connectivity index (χ1v) is 2.96. The summed E-state index contributed by atoms with van der Waals surface area (Å²) in [7, 11) is 0. The van der Waals surface area contributed by atoms with E-state index in [0.717, 1.165) is 0 Å². The van der Waals surface area contributed by atoms with Crippen LogP contribution in [0.15, 0.2) is 18.5 Å². The Balaban J connectivity index is 3.03. The third kappa shape index (κ3) is 1.44. The minimum atomic E-state index is -0.435. The van der Waals surface area contributed by atoms with E-state index >= 15 is 0 Å². The Morgan fingerprint density at radius 2 is 2.36 bits per heavy atom. The van der Waals surface area contributed by atoms with Crippen molar-refractivity contribution < 1.29 is 4.79 Å². The van der Waals surface area contributed by atoms with Gasteiger partial charge >= 0.3 is 0 Å². The number of nitrogens with one attached hydrogen (secondary N) is 1. The lowest BCUT2D eigenvalue weighted by Crippen LogP contribution is -2.30. The zero-order valence-corrected chi connectivity index (χ0v) is 5.74. The summed E-state index contributed by atoms with van der Waals surface area (Å²) in [4.78, 5) is 14.6. The number of hydrogen-bond donors (Lipinski definition) is 3. The molecule has 0 radical (unpaired) electrons. The van der Waals surface area contributed by atoms with Crippen molar-refractivity contribution >= 4 is 11.6 Å². The molecule has 5 nitrogen and oxygen atoms in total. The molecule has 1 aromatic rings. The van der Waals surface area contributed by atoms with Crippen LogP contribution in [0.2, 0.25) is 0 Å². The van der Waals surface area contributed by atoms with Crippen LogP contribution < -0.4 is 17.0 Å². The summed E-state index contributed by atoms with van der Waals surface area (Å²) < 4.78 is 0. The molecule has 0 aliphatic carbocycles. The molecule has 1 rings (SSSR count). The molecule has 0 unspecified atom stereocenters. The highest BCUT2D eigenvalue weighted by molar-refractivity contribution is 5.98. The number of amides is 1. The van der Waals surface area contributed by atoms with E-state index < -0.39 is 5.91 Å². The normalized spacial score (nSPS) is 9.18. The summed E-state index contributed by atoms with van der Waals surface area (Å²) in [6.07, 6.45) is 2.86. The third-order valence-corrected chi connectivity index (χ3v) is 1.23. The number of rotatable bonds is 1. The molecule has 0 aliphatic heterocycles. The first kappa shape index (κ1) is 7.49. The highest BCUT2D eigenvalue weighted by atomic mass is 16.2. The molecule has 0 aromatic carbocycles. The molecule has 0 aliphatic rings. The molecule has 0 saturated heterocycles. The molecular weight excluding hydrogens is 144 g/mol. The molecule has 0 bridgehead atoms. The van der Waals surface area contributed by atoms with Gasteiger partial charge in [-0.15, -0.1) is 0 Å². The van der Waals surface area contributed by atoms with E-state index in [2.05, 4.69) is 4.98 Å². The van der Waals surface area contributed by atoms with Gasteiger partial charge in [-0.2, -0.15) is 0 Å². The highest BCUT2D eigenvalue weighted by Gasteiger charge is 2.05. The van der Waals surface area contributed by atoms with Crippen LogP contribution in [0.3, 0.4) is 0 Å². The van der Waals surface area contributed by atoms with Crippen LogP contribution in [0.1, 0.15) is 10.4 Å². The standard InChI is InChI=1S/C6H8N4O/c7-5-1-2-9-3-4(5)6(11)10-8/h1-3H,8H2,(H2,7,9)(H,10,11). The summed E-state index contributed by atoms with van der Waals surface area (Å²) in [5.41, 5.74) is 8.05. The lowest BCUT2D eigenvalue weighted by Gasteiger charge is -2.00. The molecule has 58 valence electrons. The number of nitrogens with zero attached hydrogens (tertiary/aromatic N) is 1. The molecule has 5 heteroatoms. The number of aromatic nitrogens is 1. The largest absolute Gasteiger partial charge is 0.398 e. The molecule has 0 spiro atoms. The van der Waals surface area contributed by atoms with Crippen LogP contribution in [-0.4, -0.2) is 10.9 Å². The number of hydrazine groups is 1. The minimum absolute atomic E-state index is 0.287. The molecule has 11 heavy (non-hydrogen) atoms. The summed E-state index contributed by atoms with van der Waals surface area (Å²) in [6.45, 7) is 0. The Bertz CT molecular complexity index is 273.